The van der Waals surface area contributed by atoms with Gasteiger partial charge in [0, 0.05) is 69.5 Å². The van der Waals surface area contributed by atoms with Crippen LogP contribution in [-0.2, 0) is 9.59 Å². The van der Waals surface area contributed by atoms with Crippen LogP contribution >= 0.6 is 0 Å². The number of fused-ring (bicyclic) bond motifs is 6. The van der Waals surface area contributed by atoms with Crippen molar-refractivity contribution < 1.29 is 67.2 Å². The molecule has 0 aliphatic rings. The summed E-state index contributed by atoms with van der Waals surface area (Å²) in [4.78, 5) is 25.2. The van der Waals surface area contributed by atoms with E-state index in [-0.39, 0.29) is 51.4 Å². The van der Waals surface area contributed by atoms with Crippen LogP contribution in [0.1, 0.15) is 13.8 Å². The summed E-state index contributed by atoms with van der Waals surface area (Å²) < 4.78 is 62.8. The normalized spacial score (nSPS) is 11.3. The summed E-state index contributed by atoms with van der Waals surface area (Å²) in [5, 5.41) is 34.6. The van der Waals surface area contributed by atoms with Gasteiger partial charge in [-0.3, -0.25) is 9.59 Å². The largest absolute Gasteiger partial charge is 0.504 e. The molecule has 86 heavy (non-hydrogen) atoms. The van der Waals surface area contributed by atoms with Crippen LogP contribution in [0.4, 0.5) is 0 Å². The van der Waals surface area contributed by atoms with Crippen molar-refractivity contribution in [2.24, 2.45) is 0 Å². The van der Waals surface area contributed by atoms with Crippen LogP contribution in [0.15, 0.2) is 158 Å². The Bertz CT molecular complexity index is 4790. The van der Waals surface area contributed by atoms with Crippen LogP contribution < -0.4 is 47.4 Å². The van der Waals surface area contributed by atoms with Crippen molar-refractivity contribution in [3.05, 3.63) is 158 Å². The molecular weight excluding hydrogens is 1090 g/mol. The number of hydrogen-bond donors (Lipinski definition) is 2. The van der Waals surface area contributed by atoms with Crippen LogP contribution in [0.5, 0.6) is 69.0 Å². The van der Waals surface area contributed by atoms with Crippen LogP contribution in [0.25, 0.3) is 120 Å². The monoisotopic (exact) mass is 1150 g/mol. The molecule has 0 saturated carbocycles. The van der Waals surface area contributed by atoms with Crippen LogP contribution in [0.2, 0.25) is 0 Å². The lowest BCUT2D eigenvalue weighted by Crippen LogP contribution is -2.06. The van der Waals surface area contributed by atoms with E-state index in [1.54, 1.807) is 40.6 Å². The maximum absolute atomic E-state index is 13.3. The Morgan fingerprint density at radius 3 is 0.698 bits per heavy atom. The van der Waals surface area contributed by atoms with E-state index in [1.807, 2.05) is 146 Å². The molecule has 0 heterocycles. The highest BCUT2D eigenvalue weighted by atomic mass is 16.6. The summed E-state index contributed by atoms with van der Waals surface area (Å²) in [6.45, 7) is 2.66. The van der Waals surface area contributed by atoms with Crippen molar-refractivity contribution in [2.75, 3.05) is 56.9 Å². The Morgan fingerprint density at radius 2 is 0.465 bits per heavy atom. The third kappa shape index (κ3) is 8.54. The van der Waals surface area contributed by atoms with Crippen molar-refractivity contribution in [3.63, 3.8) is 0 Å². The summed E-state index contributed by atoms with van der Waals surface area (Å²) in [6.07, 6.45) is 0. The van der Waals surface area contributed by atoms with Gasteiger partial charge in [-0.1, -0.05) is 146 Å². The van der Waals surface area contributed by atoms with Crippen molar-refractivity contribution in [1.82, 2.24) is 0 Å². The zero-order valence-corrected chi connectivity index (χ0v) is 48.8. The van der Waals surface area contributed by atoms with E-state index in [0.29, 0.717) is 106 Å². The van der Waals surface area contributed by atoms with Crippen LogP contribution in [0.3, 0.4) is 0 Å². The van der Waals surface area contributed by atoms with Gasteiger partial charge in [-0.15, -0.1) is 0 Å². The summed E-state index contributed by atoms with van der Waals surface area (Å²) in [6, 6.07) is 49.7. The fraction of sp³-hybridized carbons (Fsp3) is 0.139. The Kier molecular flexibility index (Phi) is 14.5. The second kappa shape index (κ2) is 22.4. The number of phenols is 2. The third-order valence-corrected chi connectivity index (χ3v) is 15.9. The average molecular weight is 1150 g/mol. The molecule has 0 bridgehead atoms. The predicted octanol–water partition coefficient (Wildman–Crippen LogP) is 16.3. The molecule has 12 aromatic rings. The van der Waals surface area contributed by atoms with E-state index in [9.17, 15) is 19.8 Å². The molecule has 0 atom stereocenters. The average Bonchev–Trinajstić information content (AvgIpc) is 0.972. The molecule has 0 aliphatic carbocycles. The van der Waals surface area contributed by atoms with Crippen LogP contribution in [-0.4, -0.2) is 79.0 Å². The molecule has 12 rings (SSSR count). The maximum Gasteiger partial charge on any atom is 0.308 e. The lowest BCUT2D eigenvalue weighted by atomic mass is 9.82. The second-order valence-electron chi connectivity index (χ2n) is 20.3. The molecule has 430 valence electrons. The van der Waals surface area contributed by atoms with Crippen molar-refractivity contribution in [3.8, 4) is 125 Å². The molecule has 2 N–H and O–H groups in total. The zero-order valence-electron chi connectivity index (χ0n) is 48.8. The van der Waals surface area contributed by atoms with Gasteiger partial charge >= 0.3 is 11.9 Å². The number of phenolic OH excluding ortho intramolecular Hbond substituents is 2. The standard InChI is InChI=1S/C72H58O14/c1-37(73)85-51-35-39-23-11-13-25-41(39)55(65(51)77-3)57-45-29-17-15-27-43(45)53(63(75)67(57)79-5)54-44-28-16-18-30-46(44)58(68(80-6)64(54)76)60-48-32-20-22-34-50(48)62(72(84-10)70(60)82-8)61-49-33-21-19-31-47(49)59(69(81-7)71(61)83-9)56-42-26-14-12-24-40(42)36-52(66(56)78-4)86-38(2)74/h11-36,75-76H,1-10H3. The van der Waals surface area contributed by atoms with Gasteiger partial charge in [0.1, 0.15) is 0 Å². The number of esters is 2. The molecule has 14 nitrogen and oxygen atoms in total. The lowest BCUT2D eigenvalue weighted by Gasteiger charge is -2.27. The first kappa shape index (κ1) is 55.7. The molecule has 14 heteroatoms. The Morgan fingerprint density at radius 1 is 0.267 bits per heavy atom. The molecule has 0 radical (unpaired) electrons. The number of rotatable bonds is 15. The smallest absolute Gasteiger partial charge is 0.308 e. The number of methoxy groups -OCH3 is 8. The molecule has 0 aromatic heterocycles. The number of carbonyl (C=O) groups is 2. The summed E-state index contributed by atoms with van der Waals surface area (Å²) >= 11 is 0. The third-order valence-electron chi connectivity index (χ3n) is 15.9. The van der Waals surface area contributed by atoms with Crippen molar-refractivity contribution in [1.29, 1.82) is 0 Å². The highest BCUT2D eigenvalue weighted by Crippen LogP contribution is 2.64. The molecule has 12 aromatic carbocycles. The van der Waals surface area contributed by atoms with E-state index in [1.165, 1.54) is 42.3 Å². The van der Waals surface area contributed by atoms with Crippen LogP contribution in [0, 0.1) is 0 Å². The van der Waals surface area contributed by atoms with Gasteiger partial charge in [0.25, 0.3) is 0 Å². The maximum atomic E-state index is 13.3. The molecule has 0 saturated heterocycles. The Balaban J connectivity index is 1.17. The highest BCUT2D eigenvalue weighted by molar-refractivity contribution is 6.25. The number of hydrogen-bond acceptors (Lipinski definition) is 14. The first-order valence-electron chi connectivity index (χ1n) is 27.4. The van der Waals surface area contributed by atoms with E-state index < -0.39 is 11.9 Å². The van der Waals surface area contributed by atoms with Gasteiger partial charge in [0.15, 0.2) is 69.0 Å². The Hall–Kier alpha value is -10.9. The van der Waals surface area contributed by atoms with E-state index in [2.05, 4.69) is 0 Å². The number of ether oxygens (including phenoxy) is 10. The number of carbonyl (C=O) groups excluding carboxylic acids is 2. The van der Waals surface area contributed by atoms with Gasteiger partial charge < -0.3 is 57.6 Å². The minimum atomic E-state index is -0.544. The predicted molar refractivity (Wildman–Crippen MR) is 337 cm³/mol. The molecule has 0 unspecified atom stereocenters. The van der Waals surface area contributed by atoms with Gasteiger partial charge in [0.05, 0.1) is 56.9 Å². The summed E-state index contributed by atoms with van der Waals surface area (Å²) in [7, 11) is 12.3. The fourth-order valence-electron chi connectivity index (χ4n) is 12.7. The lowest BCUT2D eigenvalue weighted by molar-refractivity contribution is -0.132. The highest BCUT2D eigenvalue weighted by Gasteiger charge is 2.36. The van der Waals surface area contributed by atoms with Crippen molar-refractivity contribution >= 4 is 76.6 Å². The minimum absolute atomic E-state index is 0.0661. The van der Waals surface area contributed by atoms with E-state index in [4.69, 9.17) is 47.4 Å². The fourth-order valence-corrected chi connectivity index (χ4v) is 12.7. The summed E-state index contributed by atoms with van der Waals surface area (Å²) in [5.74, 6) is 0.793. The Labute approximate surface area is 494 Å². The molecule has 0 amide bonds. The number of benzene rings is 12. The first-order chi connectivity index (χ1) is 41.9. The SMILES string of the molecule is COc1c(OC(C)=O)cc2ccccc2c1-c1c(OC)c(O)c(-c2c(O)c(OC)c(-c3c(OC)c(OC)c(-c4c(OC)c(OC)c(-c5c(OC)c(OC(C)=O)cc6ccccc56)c5ccccc45)c4ccccc34)c3ccccc23)c2ccccc12. The molecule has 0 fully saturated rings. The molecule has 0 spiro atoms. The van der Waals surface area contributed by atoms with E-state index >= 15 is 0 Å². The topological polar surface area (TPSA) is 167 Å². The van der Waals surface area contributed by atoms with Crippen molar-refractivity contribution in [2.45, 2.75) is 13.8 Å². The van der Waals surface area contributed by atoms with Gasteiger partial charge in [-0.05, 0) is 76.8 Å². The molecule has 0 aliphatic heterocycles. The molecular formula is C72H58O14. The zero-order chi connectivity index (χ0) is 60.2. The van der Waals surface area contributed by atoms with Gasteiger partial charge in [-0.25, -0.2) is 0 Å². The van der Waals surface area contributed by atoms with E-state index in [0.717, 1.165) is 32.3 Å². The first-order valence-corrected chi connectivity index (χ1v) is 27.4. The van der Waals surface area contributed by atoms with Gasteiger partial charge in [0.2, 0.25) is 0 Å². The minimum Gasteiger partial charge on any atom is -0.504 e. The number of aromatic hydroxyl groups is 2. The van der Waals surface area contributed by atoms with Gasteiger partial charge in [-0.2, -0.15) is 0 Å². The quantitative estimate of drug-likeness (QED) is 0.0735. The second-order valence-corrected chi connectivity index (χ2v) is 20.3. The summed E-state index contributed by atoms with van der Waals surface area (Å²) in [5.41, 5.74) is 4.91.